The van der Waals surface area contributed by atoms with Gasteiger partial charge in [0.05, 0.1) is 19.8 Å². The standard InChI is InChI=1S/C9H15NO4/c1-14-9(13)8(12)10-5-3-2-4-7(10)6-11/h7,11H,2-6H2,1H3. The van der Waals surface area contributed by atoms with Crippen LogP contribution in [0.15, 0.2) is 0 Å². The number of likely N-dealkylation sites (tertiary alicyclic amines) is 1. The van der Waals surface area contributed by atoms with E-state index in [4.69, 9.17) is 5.11 Å². The quantitative estimate of drug-likeness (QED) is 0.460. The van der Waals surface area contributed by atoms with Crippen LogP contribution in [0.3, 0.4) is 0 Å². The van der Waals surface area contributed by atoms with Crippen LogP contribution in [-0.2, 0) is 14.3 Å². The number of aliphatic hydroxyl groups excluding tert-OH is 1. The predicted molar refractivity (Wildman–Crippen MR) is 48.5 cm³/mol. The number of nitrogens with zero attached hydrogens (tertiary/aromatic N) is 1. The van der Waals surface area contributed by atoms with Crippen LogP contribution in [0.5, 0.6) is 0 Å². The smallest absolute Gasteiger partial charge is 0.396 e. The number of hydrogen-bond acceptors (Lipinski definition) is 4. The van der Waals surface area contributed by atoms with Crippen molar-refractivity contribution in [3.05, 3.63) is 0 Å². The van der Waals surface area contributed by atoms with Crippen molar-refractivity contribution in [2.75, 3.05) is 20.3 Å². The molecule has 1 rings (SSSR count). The molecule has 1 atom stereocenters. The molecule has 0 aromatic carbocycles. The molecule has 14 heavy (non-hydrogen) atoms. The van der Waals surface area contributed by atoms with Gasteiger partial charge in [0.25, 0.3) is 0 Å². The van der Waals surface area contributed by atoms with Gasteiger partial charge in [-0.25, -0.2) is 4.79 Å². The summed E-state index contributed by atoms with van der Waals surface area (Å²) in [6.45, 7) is 0.432. The van der Waals surface area contributed by atoms with E-state index in [0.29, 0.717) is 6.54 Å². The van der Waals surface area contributed by atoms with Gasteiger partial charge in [0.1, 0.15) is 0 Å². The summed E-state index contributed by atoms with van der Waals surface area (Å²) in [5.41, 5.74) is 0. The van der Waals surface area contributed by atoms with Gasteiger partial charge in [0.2, 0.25) is 0 Å². The highest BCUT2D eigenvalue weighted by Crippen LogP contribution is 2.16. The molecule has 1 heterocycles. The third-order valence-corrected chi connectivity index (χ3v) is 2.46. The fourth-order valence-electron chi connectivity index (χ4n) is 1.66. The summed E-state index contributed by atoms with van der Waals surface area (Å²) >= 11 is 0. The lowest BCUT2D eigenvalue weighted by atomic mass is 10.0. The molecule has 0 aromatic rings. The number of aliphatic hydroxyl groups is 1. The topological polar surface area (TPSA) is 66.8 Å². The molecular weight excluding hydrogens is 186 g/mol. The van der Waals surface area contributed by atoms with Crippen molar-refractivity contribution in [2.45, 2.75) is 25.3 Å². The summed E-state index contributed by atoms with van der Waals surface area (Å²) in [7, 11) is 1.18. The Morgan fingerprint density at radius 3 is 2.79 bits per heavy atom. The lowest BCUT2D eigenvalue weighted by Gasteiger charge is -2.33. The fraction of sp³-hybridized carbons (Fsp3) is 0.778. The minimum absolute atomic E-state index is 0.0945. The van der Waals surface area contributed by atoms with Crippen molar-refractivity contribution < 1.29 is 19.4 Å². The summed E-state index contributed by atoms with van der Waals surface area (Å²) in [6, 6.07) is -0.227. The maximum absolute atomic E-state index is 11.4. The van der Waals surface area contributed by atoms with E-state index >= 15 is 0 Å². The third-order valence-electron chi connectivity index (χ3n) is 2.46. The third kappa shape index (κ3) is 2.23. The van der Waals surface area contributed by atoms with Crippen LogP contribution in [0, 0.1) is 0 Å². The summed E-state index contributed by atoms with van der Waals surface area (Å²) in [4.78, 5) is 23.8. The first-order chi connectivity index (χ1) is 6.70. The molecule has 0 bridgehead atoms. The normalized spacial score (nSPS) is 21.9. The zero-order valence-corrected chi connectivity index (χ0v) is 8.23. The van der Waals surface area contributed by atoms with Gasteiger partial charge in [-0.2, -0.15) is 0 Å². The Balaban J connectivity index is 2.63. The van der Waals surface area contributed by atoms with Crippen LogP contribution in [-0.4, -0.2) is 48.2 Å². The molecule has 0 spiro atoms. The highest BCUT2D eigenvalue weighted by atomic mass is 16.5. The van der Waals surface area contributed by atoms with E-state index in [-0.39, 0.29) is 12.6 Å². The Labute approximate surface area is 82.6 Å². The van der Waals surface area contributed by atoms with Crippen LogP contribution < -0.4 is 0 Å². The molecule has 0 radical (unpaired) electrons. The molecule has 0 aromatic heterocycles. The first-order valence-electron chi connectivity index (χ1n) is 4.70. The number of esters is 1. The highest BCUT2D eigenvalue weighted by molar-refractivity contribution is 6.32. The van der Waals surface area contributed by atoms with Crippen LogP contribution in [0.2, 0.25) is 0 Å². The fourth-order valence-corrected chi connectivity index (χ4v) is 1.66. The van der Waals surface area contributed by atoms with Crippen LogP contribution in [0.4, 0.5) is 0 Å². The number of rotatable bonds is 1. The Morgan fingerprint density at radius 2 is 2.21 bits per heavy atom. The van der Waals surface area contributed by atoms with Crippen molar-refractivity contribution in [1.29, 1.82) is 0 Å². The van der Waals surface area contributed by atoms with E-state index in [9.17, 15) is 9.59 Å². The van der Waals surface area contributed by atoms with Crippen molar-refractivity contribution in [3.63, 3.8) is 0 Å². The van der Waals surface area contributed by atoms with Gasteiger partial charge >= 0.3 is 11.9 Å². The molecule has 5 nitrogen and oxygen atoms in total. The van der Waals surface area contributed by atoms with Crippen LogP contribution >= 0.6 is 0 Å². The Bertz CT molecular complexity index is 229. The highest BCUT2D eigenvalue weighted by Gasteiger charge is 2.30. The first kappa shape index (κ1) is 11.0. The average molecular weight is 201 g/mol. The molecule has 1 aliphatic heterocycles. The number of ether oxygens (including phenoxy) is 1. The van der Waals surface area contributed by atoms with E-state index in [0.717, 1.165) is 19.3 Å². The second-order valence-corrected chi connectivity index (χ2v) is 3.32. The molecule has 1 N–H and O–H groups in total. The minimum atomic E-state index is -0.856. The van der Waals surface area contributed by atoms with Gasteiger partial charge in [0.15, 0.2) is 0 Å². The SMILES string of the molecule is COC(=O)C(=O)N1CCCCC1CO. The van der Waals surface area contributed by atoms with Crippen molar-refractivity contribution in [3.8, 4) is 0 Å². The van der Waals surface area contributed by atoms with Gasteiger partial charge in [-0.3, -0.25) is 4.79 Å². The molecule has 5 heteroatoms. The van der Waals surface area contributed by atoms with E-state index in [1.807, 2.05) is 0 Å². The maximum atomic E-state index is 11.4. The summed E-state index contributed by atoms with van der Waals surface area (Å²) in [5.74, 6) is -1.50. The molecule has 1 amide bonds. The van der Waals surface area contributed by atoms with Gasteiger partial charge in [-0.05, 0) is 19.3 Å². The molecular formula is C9H15NO4. The second kappa shape index (κ2) is 4.95. The Morgan fingerprint density at radius 1 is 1.50 bits per heavy atom. The van der Waals surface area contributed by atoms with E-state index in [2.05, 4.69) is 4.74 Å². The molecule has 1 saturated heterocycles. The van der Waals surface area contributed by atoms with E-state index in [1.165, 1.54) is 12.0 Å². The van der Waals surface area contributed by atoms with Crippen molar-refractivity contribution in [1.82, 2.24) is 4.90 Å². The first-order valence-corrected chi connectivity index (χ1v) is 4.70. The van der Waals surface area contributed by atoms with Gasteiger partial charge in [-0.1, -0.05) is 0 Å². The largest absolute Gasteiger partial charge is 0.462 e. The van der Waals surface area contributed by atoms with Crippen molar-refractivity contribution in [2.24, 2.45) is 0 Å². The molecule has 1 aliphatic rings. The average Bonchev–Trinajstić information content (AvgIpc) is 2.26. The molecule has 1 unspecified atom stereocenters. The summed E-state index contributed by atoms with van der Waals surface area (Å²) in [5, 5.41) is 9.02. The number of hydrogen-bond donors (Lipinski definition) is 1. The molecule has 1 fully saturated rings. The Hall–Kier alpha value is -1.10. The molecule has 0 saturated carbocycles. The van der Waals surface area contributed by atoms with Gasteiger partial charge < -0.3 is 14.7 Å². The number of amides is 1. The zero-order valence-electron chi connectivity index (χ0n) is 8.23. The Kier molecular flexibility index (Phi) is 3.88. The summed E-state index contributed by atoms with van der Waals surface area (Å²) in [6.07, 6.45) is 2.61. The maximum Gasteiger partial charge on any atom is 0.396 e. The van der Waals surface area contributed by atoms with E-state index in [1.54, 1.807) is 0 Å². The lowest BCUT2D eigenvalue weighted by molar-refractivity contribution is -0.160. The van der Waals surface area contributed by atoms with Crippen LogP contribution in [0.25, 0.3) is 0 Å². The van der Waals surface area contributed by atoms with E-state index < -0.39 is 11.9 Å². The van der Waals surface area contributed by atoms with Crippen molar-refractivity contribution >= 4 is 11.9 Å². The monoisotopic (exact) mass is 201 g/mol. The lowest BCUT2D eigenvalue weighted by Crippen LogP contribution is -2.48. The number of piperidine rings is 1. The summed E-state index contributed by atoms with van der Waals surface area (Å²) < 4.78 is 4.35. The predicted octanol–water partition coefficient (Wildman–Crippen LogP) is -0.467. The number of carbonyl (C=O) groups is 2. The minimum Gasteiger partial charge on any atom is -0.462 e. The van der Waals surface area contributed by atoms with Crippen LogP contribution in [0.1, 0.15) is 19.3 Å². The second-order valence-electron chi connectivity index (χ2n) is 3.32. The molecule has 80 valence electrons. The number of methoxy groups -OCH3 is 1. The zero-order chi connectivity index (χ0) is 10.6. The molecule has 0 aliphatic carbocycles. The van der Waals surface area contributed by atoms with Gasteiger partial charge in [0, 0.05) is 6.54 Å². The number of carbonyl (C=O) groups excluding carboxylic acids is 2. The van der Waals surface area contributed by atoms with Gasteiger partial charge in [-0.15, -0.1) is 0 Å².